The maximum atomic E-state index is 12.1. The van der Waals surface area contributed by atoms with E-state index in [1.54, 1.807) is 6.08 Å². The molecule has 0 amide bonds. The van der Waals surface area contributed by atoms with E-state index in [0.29, 0.717) is 0 Å². The molecule has 0 radical (unpaired) electrons. The van der Waals surface area contributed by atoms with Crippen molar-refractivity contribution in [3.05, 3.63) is 12.2 Å². The average Bonchev–Trinajstić information content (AvgIpc) is 1.85. The first-order valence-corrected chi connectivity index (χ1v) is 3.81. The number of aliphatic imine (C=N–C) groups is 1. The lowest BCUT2D eigenvalue weighted by molar-refractivity contribution is 0.226. The number of hydrogen-bond acceptors (Lipinski definition) is 1. The molecule has 0 N–H and O–H groups in total. The molecule has 0 aliphatic rings. The Hall–Kier alpha value is -0.730. The predicted molar refractivity (Wildman–Crippen MR) is 48.0 cm³/mol. The molecule has 0 aromatic rings. The minimum atomic E-state index is -2.48. The third kappa shape index (κ3) is 4.99. The molecule has 0 unspecified atom stereocenters. The van der Waals surface area contributed by atoms with Crippen LogP contribution in [0, 0.1) is 5.41 Å². The van der Waals surface area contributed by atoms with Gasteiger partial charge < -0.3 is 0 Å². The van der Waals surface area contributed by atoms with Gasteiger partial charge in [-0.1, -0.05) is 26.8 Å². The molecule has 0 aromatic carbocycles. The van der Waals surface area contributed by atoms with Crippen LogP contribution in [0.25, 0.3) is 0 Å². The Kier molecular flexibility index (Phi) is 4.07. The van der Waals surface area contributed by atoms with E-state index in [1.807, 2.05) is 20.8 Å². The van der Waals surface area contributed by atoms with Crippen molar-refractivity contribution in [3.63, 3.8) is 0 Å². The molecule has 0 saturated carbocycles. The van der Waals surface area contributed by atoms with Gasteiger partial charge in [0.15, 0.2) is 0 Å². The highest BCUT2D eigenvalue weighted by Crippen LogP contribution is 2.15. The van der Waals surface area contributed by atoms with Gasteiger partial charge in [-0.25, -0.2) is 8.78 Å². The topological polar surface area (TPSA) is 12.4 Å². The molecule has 0 aromatic heterocycles. The zero-order chi connectivity index (χ0) is 9.78. The highest BCUT2D eigenvalue weighted by atomic mass is 19.3. The summed E-state index contributed by atoms with van der Waals surface area (Å²) >= 11 is 0. The molecule has 3 heteroatoms. The third-order valence-electron chi connectivity index (χ3n) is 1.24. The number of nitrogens with zero attached hydrogens (tertiary/aromatic N) is 1. The van der Waals surface area contributed by atoms with Crippen LogP contribution in [-0.4, -0.2) is 19.2 Å². The standard InChI is InChI=1S/C9H15F2N/c1-9(2,3)6-5-7(12-4)8(10)11/h5-6,8H,1-4H3/b6-5-,12-7?. The van der Waals surface area contributed by atoms with Crippen molar-refractivity contribution in [2.24, 2.45) is 10.4 Å². The highest BCUT2D eigenvalue weighted by Gasteiger charge is 2.10. The Morgan fingerprint density at radius 3 is 2.08 bits per heavy atom. The SMILES string of the molecule is CN=C(/C=C\C(C)(C)C)C(F)F. The normalized spacial score (nSPS) is 14.8. The molecule has 0 rings (SSSR count). The molecular weight excluding hydrogens is 160 g/mol. The van der Waals surface area contributed by atoms with Crippen molar-refractivity contribution >= 4 is 5.71 Å². The zero-order valence-electron chi connectivity index (χ0n) is 7.94. The Bertz CT molecular complexity index is 187. The van der Waals surface area contributed by atoms with Gasteiger partial charge in [0.05, 0.1) is 5.71 Å². The van der Waals surface area contributed by atoms with Gasteiger partial charge in [0, 0.05) is 7.05 Å². The molecule has 70 valence electrons. The van der Waals surface area contributed by atoms with E-state index in [9.17, 15) is 8.78 Å². The van der Waals surface area contributed by atoms with Crippen LogP contribution in [0.1, 0.15) is 20.8 Å². The van der Waals surface area contributed by atoms with Crippen LogP contribution in [0.2, 0.25) is 0 Å². The first-order chi connectivity index (χ1) is 5.37. The molecule has 0 aliphatic heterocycles. The quantitative estimate of drug-likeness (QED) is 0.572. The van der Waals surface area contributed by atoms with Crippen LogP contribution in [0.3, 0.4) is 0 Å². The first-order valence-electron chi connectivity index (χ1n) is 3.81. The summed E-state index contributed by atoms with van der Waals surface area (Å²) in [7, 11) is 1.37. The van der Waals surface area contributed by atoms with Crippen molar-refractivity contribution in [2.45, 2.75) is 27.2 Å². The van der Waals surface area contributed by atoms with Crippen LogP contribution in [0.5, 0.6) is 0 Å². The molecule has 0 heterocycles. The maximum Gasteiger partial charge on any atom is 0.279 e. The van der Waals surface area contributed by atoms with Gasteiger partial charge in [-0.15, -0.1) is 0 Å². The molecule has 0 saturated heterocycles. The van der Waals surface area contributed by atoms with Gasteiger partial charge in [-0.2, -0.15) is 0 Å². The second-order valence-electron chi connectivity index (χ2n) is 3.65. The fraction of sp³-hybridized carbons (Fsp3) is 0.667. The Balaban J connectivity index is 4.33. The van der Waals surface area contributed by atoms with Gasteiger partial charge >= 0.3 is 0 Å². The second kappa shape index (κ2) is 4.33. The number of halogens is 2. The van der Waals surface area contributed by atoms with Gasteiger partial charge in [0.25, 0.3) is 6.43 Å². The maximum absolute atomic E-state index is 12.1. The average molecular weight is 175 g/mol. The van der Waals surface area contributed by atoms with Crippen LogP contribution >= 0.6 is 0 Å². The molecule has 0 aliphatic carbocycles. The highest BCUT2D eigenvalue weighted by molar-refractivity contribution is 5.97. The monoisotopic (exact) mass is 175 g/mol. The van der Waals surface area contributed by atoms with Gasteiger partial charge in [0.1, 0.15) is 0 Å². The van der Waals surface area contributed by atoms with Gasteiger partial charge in [-0.3, -0.25) is 4.99 Å². The molecule has 0 atom stereocenters. The van der Waals surface area contributed by atoms with Crippen molar-refractivity contribution in [1.29, 1.82) is 0 Å². The lowest BCUT2D eigenvalue weighted by Gasteiger charge is -2.11. The van der Waals surface area contributed by atoms with Crippen LogP contribution in [0.15, 0.2) is 17.1 Å². The molecule has 0 fully saturated rings. The number of rotatable bonds is 2. The minimum Gasteiger partial charge on any atom is -0.287 e. The van der Waals surface area contributed by atoms with E-state index >= 15 is 0 Å². The molecule has 12 heavy (non-hydrogen) atoms. The third-order valence-corrected chi connectivity index (χ3v) is 1.24. The lowest BCUT2D eigenvalue weighted by Crippen LogP contribution is -2.08. The smallest absolute Gasteiger partial charge is 0.279 e. The summed E-state index contributed by atoms with van der Waals surface area (Å²) in [6, 6.07) is 0. The van der Waals surface area contributed by atoms with Crippen molar-refractivity contribution in [2.75, 3.05) is 7.05 Å². The van der Waals surface area contributed by atoms with E-state index in [0.717, 1.165) is 0 Å². The number of allylic oxidation sites excluding steroid dienone is 2. The van der Waals surface area contributed by atoms with Gasteiger partial charge in [0.2, 0.25) is 0 Å². The largest absolute Gasteiger partial charge is 0.287 e. The van der Waals surface area contributed by atoms with Crippen LogP contribution < -0.4 is 0 Å². The summed E-state index contributed by atoms with van der Waals surface area (Å²) in [5, 5.41) is 0. The first kappa shape index (κ1) is 11.3. The summed E-state index contributed by atoms with van der Waals surface area (Å²) in [5.74, 6) is 0. The summed E-state index contributed by atoms with van der Waals surface area (Å²) < 4.78 is 24.2. The van der Waals surface area contributed by atoms with E-state index in [2.05, 4.69) is 4.99 Å². The molecule has 0 spiro atoms. The van der Waals surface area contributed by atoms with Gasteiger partial charge in [-0.05, 0) is 11.5 Å². The van der Waals surface area contributed by atoms with E-state index in [1.165, 1.54) is 13.1 Å². The molecule has 0 bridgehead atoms. The number of alkyl halides is 2. The Morgan fingerprint density at radius 1 is 1.33 bits per heavy atom. The number of hydrogen-bond donors (Lipinski definition) is 0. The van der Waals surface area contributed by atoms with E-state index < -0.39 is 6.43 Å². The zero-order valence-corrected chi connectivity index (χ0v) is 7.94. The fourth-order valence-electron chi connectivity index (χ4n) is 0.580. The van der Waals surface area contributed by atoms with Crippen LogP contribution in [-0.2, 0) is 0 Å². The van der Waals surface area contributed by atoms with Crippen LogP contribution in [0.4, 0.5) is 8.78 Å². The van der Waals surface area contributed by atoms with Crippen molar-refractivity contribution < 1.29 is 8.78 Å². The second-order valence-corrected chi connectivity index (χ2v) is 3.65. The molecule has 1 nitrogen and oxygen atoms in total. The molecular formula is C9H15F2N. The van der Waals surface area contributed by atoms with E-state index in [-0.39, 0.29) is 11.1 Å². The van der Waals surface area contributed by atoms with E-state index in [4.69, 9.17) is 0 Å². The fourth-order valence-corrected chi connectivity index (χ4v) is 0.580. The Labute approximate surface area is 72.2 Å². The van der Waals surface area contributed by atoms with Crippen molar-refractivity contribution in [1.82, 2.24) is 0 Å². The minimum absolute atomic E-state index is 0.0785. The Morgan fingerprint density at radius 2 is 1.83 bits per heavy atom. The lowest BCUT2D eigenvalue weighted by atomic mass is 9.96. The summed E-state index contributed by atoms with van der Waals surface area (Å²) in [5.41, 5.74) is -0.241. The van der Waals surface area contributed by atoms with Crippen molar-refractivity contribution in [3.8, 4) is 0 Å². The summed E-state index contributed by atoms with van der Waals surface area (Å²) in [6.45, 7) is 5.84. The predicted octanol–water partition coefficient (Wildman–Crippen LogP) is 2.92. The summed E-state index contributed by atoms with van der Waals surface area (Å²) in [6.07, 6.45) is 0.625. The summed E-state index contributed by atoms with van der Waals surface area (Å²) in [4.78, 5) is 3.47.